The van der Waals surface area contributed by atoms with Crippen molar-refractivity contribution >= 4 is 28.7 Å². The van der Waals surface area contributed by atoms with Crippen molar-refractivity contribution in [2.75, 3.05) is 19.0 Å². The van der Waals surface area contributed by atoms with Crippen LogP contribution in [0.5, 0.6) is 0 Å². The highest BCUT2D eigenvalue weighted by atomic mass is 32.2. The molecule has 4 N–H and O–H groups in total. The Hall–Kier alpha value is -2.20. The first-order valence-corrected chi connectivity index (χ1v) is 10.6. The van der Waals surface area contributed by atoms with Crippen molar-refractivity contribution in [2.45, 2.75) is 35.6 Å². The first-order valence-electron chi connectivity index (χ1n) is 9.65. The number of thioether (sulfide) groups is 1. The average Bonchev–Trinajstić information content (AvgIpc) is 3.28. The predicted octanol–water partition coefficient (Wildman–Crippen LogP) is 1.44. The van der Waals surface area contributed by atoms with Crippen LogP contribution in [0.15, 0.2) is 41.8 Å². The maximum Gasteiger partial charge on any atom is 0.191 e. The van der Waals surface area contributed by atoms with E-state index >= 15 is 0 Å². The predicted molar refractivity (Wildman–Crippen MR) is 110 cm³/mol. The summed E-state index contributed by atoms with van der Waals surface area (Å²) in [5.41, 5.74) is 1.82. The molecule has 0 radical (unpaired) electrons. The van der Waals surface area contributed by atoms with Crippen LogP contribution < -0.4 is 5.32 Å². The van der Waals surface area contributed by atoms with Crippen molar-refractivity contribution in [3.63, 3.8) is 0 Å². The Morgan fingerprint density at radius 2 is 2.03 bits per heavy atom. The van der Waals surface area contributed by atoms with E-state index in [4.69, 9.17) is 4.98 Å². The quantitative estimate of drug-likeness (QED) is 0.354. The molecule has 5 atom stereocenters. The van der Waals surface area contributed by atoms with Crippen LogP contribution in [0.2, 0.25) is 0 Å². The van der Waals surface area contributed by atoms with Gasteiger partial charge in [0.2, 0.25) is 0 Å². The van der Waals surface area contributed by atoms with Crippen molar-refractivity contribution in [3.8, 4) is 0 Å². The van der Waals surface area contributed by atoms with Gasteiger partial charge in [-0.05, 0) is 17.9 Å². The fourth-order valence-corrected chi connectivity index (χ4v) is 5.42. The fourth-order valence-electron chi connectivity index (χ4n) is 4.63. The molecule has 1 aromatic carbocycles. The summed E-state index contributed by atoms with van der Waals surface area (Å²) < 4.78 is 1.84. The number of fused-ring (bicyclic) bond motifs is 2. The van der Waals surface area contributed by atoms with E-state index in [1.54, 1.807) is 13.4 Å². The van der Waals surface area contributed by atoms with Crippen LogP contribution in [0.25, 0.3) is 11.2 Å². The van der Waals surface area contributed by atoms with Crippen molar-refractivity contribution in [1.29, 1.82) is 0 Å². The molecule has 2 aromatic heterocycles. The van der Waals surface area contributed by atoms with Gasteiger partial charge in [0.1, 0.15) is 6.10 Å². The van der Waals surface area contributed by atoms with E-state index in [2.05, 4.69) is 27.4 Å². The summed E-state index contributed by atoms with van der Waals surface area (Å²) in [6, 6.07) is 9.75. The van der Waals surface area contributed by atoms with Gasteiger partial charge < -0.3 is 25.2 Å². The van der Waals surface area contributed by atoms with Crippen LogP contribution in [-0.2, 0) is 5.75 Å². The molecule has 8 nitrogen and oxygen atoms in total. The molecule has 0 amide bonds. The molecule has 2 fully saturated rings. The first-order chi connectivity index (χ1) is 14.1. The minimum absolute atomic E-state index is 0.00308. The third-order valence-corrected chi connectivity index (χ3v) is 7.24. The number of aliphatic hydroxyl groups excluding tert-OH is 3. The molecule has 9 heteroatoms. The number of imidazole rings is 1. The standard InChI is InChI=1S/C20H23N5O3S/c1-21-17-13-18(24-19(23-17)29-8-11-5-3-2-4-6-11)25(10-22-13)14-12-7-20(12,9-26)16(28)15(14)27/h2-6,10,12,14-16,26-28H,7-9H2,1H3,(H,21,23,24)/t12-,14-,15+,16+,20+/m1/s1. The number of anilines is 1. The second kappa shape index (κ2) is 6.94. The van der Waals surface area contributed by atoms with Gasteiger partial charge >= 0.3 is 0 Å². The van der Waals surface area contributed by atoms with Crippen molar-refractivity contribution in [3.05, 3.63) is 42.2 Å². The number of benzene rings is 1. The summed E-state index contributed by atoms with van der Waals surface area (Å²) in [6.07, 6.45) is 0.424. The molecule has 0 unspecified atom stereocenters. The highest BCUT2D eigenvalue weighted by Crippen LogP contribution is 2.67. The van der Waals surface area contributed by atoms with Gasteiger partial charge in [0.15, 0.2) is 22.1 Å². The molecule has 2 heterocycles. The molecule has 5 rings (SSSR count). The van der Waals surface area contributed by atoms with Crippen molar-refractivity contribution in [2.24, 2.45) is 11.3 Å². The summed E-state index contributed by atoms with van der Waals surface area (Å²) >= 11 is 1.53. The number of aromatic nitrogens is 4. The van der Waals surface area contributed by atoms with E-state index in [1.165, 1.54) is 17.3 Å². The van der Waals surface area contributed by atoms with Crippen molar-refractivity contribution in [1.82, 2.24) is 19.5 Å². The molecular formula is C20H23N5O3S. The fraction of sp³-hybridized carbons (Fsp3) is 0.450. The smallest absolute Gasteiger partial charge is 0.191 e. The monoisotopic (exact) mass is 413 g/mol. The molecule has 2 aliphatic carbocycles. The van der Waals surface area contributed by atoms with Crippen LogP contribution in [0.1, 0.15) is 18.0 Å². The molecule has 0 spiro atoms. The molecule has 3 aromatic rings. The number of hydrogen-bond donors (Lipinski definition) is 4. The molecule has 152 valence electrons. The maximum atomic E-state index is 10.7. The summed E-state index contributed by atoms with van der Waals surface area (Å²) in [4.78, 5) is 13.8. The normalized spacial score (nSPS) is 30.5. The Morgan fingerprint density at radius 1 is 1.24 bits per heavy atom. The largest absolute Gasteiger partial charge is 0.396 e. The third kappa shape index (κ3) is 2.83. The second-order valence-electron chi connectivity index (χ2n) is 7.83. The lowest BCUT2D eigenvalue weighted by Gasteiger charge is -2.23. The molecule has 29 heavy (non-hydrogen) atoms. The van der Waals surface area contributed by atoms with Crippen molar-refractivity contribution < 1.29 is 15.3 Å². The van der Waals surface area contributed by atoms with E-state index in [1.807, 2.05) is 22.8 Å². The van der Waals surface area contributed by atoms with Gasteiger partial charge in [-0.25, -0.2) is 15.0 Å². The van der Waals surface area contributed by atoms with E-state index in [9.17, 15) is 15.3 Å². The van der Waals surface area contributed by atoms with Crippen LogP contribution in [0.4, 0.5) is 5.82 Å². The highest BCUT2D eigenvalue weighted by Gasteiger charge is 2.71. The Bertz CT molecular complexity index is 1050. The Labute approximate surface area is 172 Å². The van der Waals surface area contributed by atoms with Crippen LogP contribution >= 0.6 is 11.8 Å². The van der Waals surface area contributed by atoms with Crippen LogP contribution in [-0.4, -0.2) is 60.7 Å². The maximum absolute atomic E-state index is 10.7. The second-order valence-corrected chi connectivity index (χ2v) is 8.77. The summed E-state index contributed by atoms with van der Waals surface area (Å²) in [7, 11) is 1.79. The lowest BCUT2D eigenvalue weighted by atomic mass is 10.0. The molecule has 0 bridgehead atoms. The van der Waals surface area contributed by atoms with Gasteiger partial charge in [-0.15, -0.1) is 0 Å². The Balaban J connectivity index is 1.51. The zero-order chi connectivity index (χ0) is 20.2. The zero-order valence-corrected chi connectivity index (χ0v) is 16.8. The Morgan fingerprint density at radius 3 is 2.72 bits per heavy atom. The zero-order valence-electron chi connectivity index (χ0n) is 15.9. The molecule has 0 saturated heterocycles. The van der Waals surface area contributed by atoms with Gasteiger partial charge in [0.05, 0.1) is 25.1 Å². The summed E-state index contributed by atoms with van der Waals surface area (Å²) in [6.45, 7) is -0.131. The number of aliphatic hydroxyl groups is 3. The van der Waals surface area contributed by atoms with E-state index in [-0.39, 0.29) is 18.6 Å². The first kappa shape index (κ1) is 18.8. The van der Waals surface area contributed by atoms with Gasteiger partial charge in [-0.1, -0.05) is 42.1 Å². The van der Waals surface area contributed by atoms with E-state index in [0.29, 0.717) is 28.6 Å². The Kier molecular flexibility index (Phi) is 4.50. The molecule has 2 aliphatic rings. The highest BCUT2D eigenvalue weighted by molar-refractivity contribution is 7.98. The van der Waals surface area contributed by atoms with Crippen LogP contribution in [0.3, 0.4) is 0 Å². The SMILES string of the molecule is CNc1nc(SCc2ccccc2)nc2c1ncn2[C@H]1[C@H](O)[C@H](O)[C@]2(CO)C[C@H]12. The van der Waals surface area contributed by atoms with E-state index < -0.39 is 17.6 Å². The van der Waals surface area contributed by atoms with Gasteiger partial charge in [-0.3, -0.25) is 0 Å². The lowest BCUT2D eigenvalue weighted by Crippen LogP contribution is -2.35. The number of hydrogen-bond acceptors (Lipinski definition) is 8. The van der Waals surface area contributed by atoms with E-state index in [0.717, 1.165) is 5.75 Å². The average molecular weight is 414 g/mol. The number of rotatable bonds is 6. The number of nitrogens with zero attached hydrogens (tertiary/aromatic N) is 4. The summed E-state index contributed by atoms with van der Waals surface area (Å²) in [5.74, 6) is 1.37. The third-order valence-electron chi connectivity index (χ3n) is 6.32. The summed E-state index contributed by atoms with van der Waals surface area (Å²) in [5, 5.41) is 34.6. The number of nitrogens with one attached hydrogen (secondary N) is 1. The molecule has 0 aliphatic heterocycles. The topological polar surface area (TPSA) is 116 Å². The van der Waals surface area contributed by atoms with Gasteiger partial charge in [0, 0.05) is 18.2 Å². The van der Waals surface area contributed by atoms with Crippen LogP contribution in [0, 0.1) is 11.3 Å². The van der Waals surface area contributed by atoms with Gasteiger partial charge in [-0.2, -0.15) is 0 Å². The minimum Gasteiger partial charge on any atom is -0.396 e. The molecule has 2 saturated carbocycles. The van der Waals surface area contributed by atoms with Gasteiger partial charge in [0.25, 0.3) is 0 Å². The minimum atomic E-state index is -0.966. The lowest BCUT2D eigenvalue weighted by molar-refractivity contribution is -0.0300. The molecular weight excluding hydrogens is 390 g/mol.